The van der Waals surface area contributed by atoms with Gasteiger partial charge in [-0.3, -0.25) is 4.79 Å². The van der Waals surface area contributed by atoms with Crippen LogP contribution in [0.1, 0.15) is 12.8 Å². The molecule has 0 radical (unpaired) electrons. The van der Waals surface area contributed by atoms with Crippen molar-refractivity contribution in [1.29, 1.82) is 0 Å². The molecule has 2 atom stereocenters. The summed E-state index contributed by atoms with van der Waals surface area (Å²) in [6.45, 7) is 0.393. The molecule has 1 heterocycles. The zero-order chi connectivity index (χ0) is 14.5. The second kappa shape index (κ2) is 7.01. The van der Waals surface area contributed by atoms with Crippen LogP contribution in [0.3, 0.4) is 0 Å². The molecule has 0 spiro atoms. The summed E-state index contributed by atoms with van der Waals surface area (Å²) in [7, 11) is 0. The van der Waals surface area contributed by atoms with E-state index in [2.05, 4.69) is 5.32 Å². The Hall–Kier alpha value is -1.18. The molecule has 1 fully saturated rings. The molecule has 3 N–H and O–H groups in total. The van der Waals surface area contributed by atoms with Crippen molar-refractivity contribution >= 4 is 23.4 Å². The van der Waals surface area contributed by atoms with Crippen LogP contribution in [0, 0.1) is 0 Å². The van der Waals surface area contributed by atoms with Gasteiger partial charge in [0, 0.05) is 17.1 Å². The summed E-state index contributed by atoms with van der Waals surface area (Å²) in [4.78, 5) is 12.4. The number of benzene rings is 1. The number of nitrogens with two attached hydrogens (primary N) is 1. The lowest BCUT2D eigenvalue weighted by Crippen LogP contribution is -2.29. The highest BCUT2D eigenvalue weighted by Gasteiger charge is 2.29. The lowest BCUT2D eigenvalue weighted by molar-refractivity contribution is -0.126. The highest BCUT2D eigenvalue weighted by molar-refractivity contribution is 7.99. The van der Waals surface area contributed by atoms with Gasteiger partial charge in [-0.25, -0.2) is 0 Å². The van der Waals surface area contributed by atoms with Crippen LogP contribution in [-0.2, 0) is 9.53 Å². The molecule has 0 unspecified atom stereocenters. The Labute approximate surface area is 120 Å². The predicted octanol–water partition coefficient (Wildman–Crippen LogP) is 2.45. The largest absolute Gasteiger partial charge is 0.364 e. The van der Waals surface area contributed by atoms with Crippen LogP contribution in [0.5, 0.6) is 0 Å². The van der Waals surface area contributed by atoms with Crippen LogP contribution >= 0.6 is 11.8 Å². The number of nitrogens with one attached hydrogen (secondary N) is 1. The fourth-order valence-corrected chi connectivity index (χ4v) is 2.60. The summed E-state index contributed by atoms with van der Waals surface area (Å²) >= 11 is 0.444. The number of alkyl halides is 2. The first kappa shape index (κ1) is 15.2. The molecular weight excluding hydrogens is 286 g/mol. The molecule has 20 heavy (non-hydrogen) atoms. The Kier molecular flexibility index (Phi) is 5.33. The standard InChI is InChI=1S/C13H16F2N2O2S/c14-13(15)20-10-3-1-2-8(6-10)17-12(18)11-5-4-9(7-16)19-11/h1-3,6,9,11,13H,4-5,7,16H2,(H,17,18)/t9-,11+/m1/s1. The average molecular weight is 302 g/mol. The average Bonchev–Trinajstić information content (AvgIpc) is 2.87. The summed E-state index contributed by atoms with van der Waals surface area (Å²) in [6.07, 6.45) is 0.788. The van der Waals surface area contributed by atoms with Crippen LogP contribution in [-0.4, -0.2) is 30.4 Å². The molecule has 0 aliphatic carbocycles. The molecule has 1 saturated heterocycles. The number of anilines is 1. The highest BCUT2D eigenvalue weighted by atomic mass is 32.2. The van der Waals surface area contributed by atoms with Gasteiger partial charge in [-0.2, -0.15) is 8.78 Å². The van der Waals surface area contributed by atoms with Crippen molar-refractivity contribution in [2.75, 3.05) is 11.9 Å². The number of hydrogen-bond donors (Lipinski definition) is 2. The lowest BCUT2D eigenvalue weighted by atomic mass is 10.2. The first-order valence-electron chi connectivity index (χ1n) is 6.29. The zero-order valence-corrected chi connectivity index (χ0v) is 11.5. The molecule has 2 rings (SSSR count). The van der Waals surface area contributed by atoms with Gasteiger partial charge in [-0.1, -0.05) is 17.8 Å². The number of carbonyl (C=O) groups is 1. The van der Waals surface area contributed by atoms with Crippen LogP contribution in [0.2, 0.25) is 0 Å². The topological polar surface area (TPSA) is 64.4 Å². The summed E-state index contributed by atoms with van der Waals surface area (Å²) in [5, 5.41) is 2.68. The SMILES string of the molecule is NC[C@H]1CC[C@@H](C(=O)Nc2cccc(SC(F)F)c2)O1. The van der Waals surface area contributed by atoms with Crippen molar-refractivity contribution in [3.63, 3.8) is 0 Å². The van der Waals surface area contributed by atoms with E-state index in [1.807, 2.05) is 0 Å². The van der Waals surface area contributed by atoms with E-state index in [-0.39, 0.29) is 12.0 Å². The van der Waals surface area contributed by atoms with Gasteiger partial charge in [0.05, 0.1) is 6.10 Å². The first-order chi connectivity index (χ1) is 9.58. The minimum atomic E-state index is -2.48. The Balaban J connectivity index is 1.94. The van der Waals surface area contributed by atoms with Crippen LogP contribution in [0.15, 0.2) is 29.2 Å². The second-order valence-electron chi connectivity index (χ2n) is 4.46. The maximum absolute atomic E-state index is 12.3. The third kappa shape index (κ3) is 4.16. The van der Waals surface area contributed by atoms with Gasteiger partial charge in [-0.05, 0) is 31.0 Å². The number of ether oxygens (including phenoxy) is 1. The second-order valence-corrected chi connectivity index (χ2v) is 5.52. The van der Waals surface area contributed by atoms with E-state index in [0.717, 1.165) is 6.42 Å². The molecule has 4 nitrogen and oxygen atoms in total. The minimum Gasteiger partial charge on any atom is -0.364 e. The van der Waals surface area contributed by atoms with Crippen molar-refractivity contribution in [3.05, 3.63) is 24.3 Å². The zero-order valence-electron chi connectivity index (χ0n) is 10.7. The Morgan fingerprint density at radius 3 is 2.95 bits per heavy atom. The van der Waals surface area contributed by atoms with E-state index in [4.69, 9.17) is 10.5 Å². The maximum Gasteiger partial charge on any atom is 0.288 e. The van der Waals surface area contributed by atoms with E-state index < -0.39 is 11.9 Å². The Morgan fingerprint density at radius 1 is 1.50 bits per heavy atom. The molecule has 0 aromatic heterocycles. The van der Waals surface area contributed by atoms with E-state index in [1.165, 1.54) is 6.07 Å². The number of thioether (sulfide) groups is 1. The van der Waals surface area contributed by atoms with Gasteiger partial charge >= 0.3 is 0 Å². The van der Waals surface area contributed by atoms with Crippen molar-refractivity contribution in [2.24, 2.45) is 5.73 Å². The fourth-order valence-electron chi connectivity index (χ4n) is 2.04. The number of halogens is 2. The smallest absolute Gasteiger partial charge is 0.288 e. The van der Waals surface area contributed by atoms with Crippen LogP contribution < -0.4 is 11.1 Å². The van der Waals surface area contributed by atoms with Crippen molar-refractivity contribution in [2.45, 2.75) is 35.7 Å². The highest BCUT2D eigenvalue weighted by Crippen LogP contribution is 2.27. The van der Waals surface area contributed by atoms with Crippen molar-refractivity contribution < 1.29 is 18.3 Å². The molecule has 7 heteroatoms. The number of carbonyl (C=O) groups excluding carboxylic acids is 1. The molecule has 1 aromatic carbocycles. The Morgan fingerprint density at radius 2 is 2.30 bits per heavy atom. The van der Waals surface area contributed by atoms with Crippen LogP contribution in [0.4, 0.5) is 14.5 Å². The summed E-state index contributed by atoms with van der Waals surface area (Å²) in [5.41, 5.74) is 5.97. The van der Waals surface area contributed by atoms with Crippen LogP contribution in [0.25, 0.3) is 0 Å². The number of hydrogen-bond acceptors (Lipinski definition) is 4. The third-order valence-electron chi connectivity index (χ3n) is 2.99. The first-order valence-corrected chi connectivity index (χ1v) is 7.17. The Bertz CT molecular complexity index is 473. The molecule has 110 valence electrons. The summed E-state index contributed by atoms with van der Waals surface area (Å²) in [6, 6.07) is 6.37. The fraction of sp³-hybridized carbons (Fsp3) is 0.462. The van der Waals surface area contributed by atoms with Gasteiger partial charge in [0.25, 0.3) is 11.7 Å². The summed E-state index contributed by atoms with van der Waals surface area (Å²) < 4.78 is 30.0. The molecule has 0 bridgehead atoms. The lowest BCUT2D eigenvalue weighted by Gasteiger charge is -2.13. The quantitative estimate of drug-likeness (QED) is 0.820. The van der Waals surface area contributed by atoms with E-state index >= 15 is 0 Å². The molecule has 1 aliphatic heterocycles. The van der Waals surface area contributed by atoms with E-state index in [0.29, 0.717) is 35.3 Å². The normalized spacial score (nSPS) is 22.2. The van der Waals surface area contributed by atoms with E-state index in [9.17, 15) is 13.6 Å². The van der Waals surface area contributed by atoms with Gasteiger partial charge in [0.15, 0.2) is 0 Å². The van der Waals surface area contributed by atoms with Gasteiger partial charge in [-0.15, -0.1) is 0 Å². The third-order valence-corrected chi connectivity index (χ3v) is 3.69. The predicted molar refractivity (Wildman–Crippen MR) is 73.9 cm³/mol. The maximum atomic E-state index is 12.3. The van der Waals surface area contributed by atoms with Crippen molar-refractivity contribution in [3.8, 4) is 0 Å². The molecular formula is C13H16F2N2O2S. The van der Waals surface area contributed by atoms with Crippen molar-refractivity contribution in [1.82, 2.24) is 0 Å². The minimum absolute atomic E-state index is 0.0773. The monoisotopic (exact) mass is 302 g/mol. The molecule has 1 aromatic rings. The molecule has 0 saturated carbocycles. The number of rotatable bonds is 5. The molecule has 1 amide bonds. The molecule has 1 aliphatic rings. The van der Waals surface area contributed by atoms with Gasteiger partial charge < -0.3 is 15.8 Å². The summed E-state index contributed by atoms with van der Waals surface area (Å²) in [5.74, 6) is -2.75. The number of amides is 1. The van der Waals surface area contributed by atoms with E-state index in [1.54, 1.807) is 18.2 Å². The van der Waals surface area contributed by atoms with Gasteiger partial charge in [0.2, 0.25) is 0 Å². The van der Waals surface area contributed by atoms with Gasteiger partial charge in [0.1, 0.15) is 6.10 Å².